The van der Waals surface area contributed by atoms with Crippen LogP contribution >= 0.6 is 11.3 Å². The van der Waals surface area contributed by atoms with Gasteiger partial charge in [-0.2, -0.15) is 0 Å². The molecule has 0 aliphatic rings. The smallest absolute Gasteiger partial charge is 0.258 e. The van der Waals surface area contributed by atoms with E-state index in [1.54, 1.807) is 23.2 Å². The number of aromatic nitrogens is 2. The van der Waals surface area contributed by atoms with E-state index in [4.69, 9.17) is 4.84 Å². The first-order valence-electron chi connectivity index (χ1n) is 3.62. The van der Waals surface area contributed by atoms with Crippen molar-refractivity contribution in [3.05, 3.63) is 23.5 Å². The first kappa shape index (κ1) is 7.49. The number of thiazole rings is 1. The molecule has 0 spiro atoms. The van der Waals surface area contributed by atoms with Crippen LogP contribution in [-0.4, -0.2) is 12.1 Å². The van der Waals surface area contributed by atoms with Crippen LogP contribution < -0.4 is 9.57 Å². The minimum absolute atomic E-state index is 1.02. The molecule has 2 rings (SSSR count). The maximum Gasteiger partial charge on any atom is 0.258 e. The van der Waals surface area contributed by atoms with Crippen molar-refractivity contribution in [2.75, 3.05) is 7.11 Å². The zero-order chi connectivity index (χ0) is 8.55. The van der Waals surface area contributed by atoms with Gasteiger partial charge in [0.1, 0.15) is 7.11 Å². The molecule has 2 heterocycles. The van der Waals surface area contributed by atoms with Gasteiger partial charge in [0.2, 0.25) is 6.20 Å². The summed E-state index contributed by atoms with van der Waals surface area (Å²) in [4.78, 5) is 9.35. The van der Waals surface area contributed by atoms with Crippen molar-refractivity contribution in [3.8, 4) is 0 Å². The summed E-state index contributed by atoms with van der Waals surface area (Å²) in [5.41, 5.74) is 3.90. The summed E-state index contributed by atoms with van der Waals surface area (Å²) in [6.45, 7) is 1.99. The van der Waals surface area contributed by atoms with Crippen molar-refractivity contribution < 1.29 is 9.57 Å². The third-order valence-electron chi connectivity index (χ3n) is 1.83. The normalized spacial score (nSPS) is 10.5. The predicted octanol–water partition coefficient (Wildman–Crippen LogP) is 0.951. The summed E-state index contributed by atoms with van der Waals surface area (Å²) in [5.74, 6) is 0. The number of aryl methyl sites for hydroxylation is 1. The Morgan fingerprint density at radius 2 is 2.42 bits per heavy atom. The molecule has 0 amide bonds. The Labute approximate surface area is 74.2 Å². The fraction of sp³-hybridized carbons (Fsp3) is 0.250. The van der Waals surface area contributed by atoms with Crippen molar-refractivity contribution in [2.45, 2.75) is 6.92 Å². The van der Waals surface area contributed by atoms with Gasteiger partial charge in [-0.1, -0.05) is 0 Å². The van der Waals surface area contributed by atoms with Gasteiger partial charge in [0, 0.05) is 17.7 Å². The Kier molecular flexibility index (Phi) is 1.69. The van der Waals surface area contributed by atoms with Gasteiger partial charge in [0.25, 0.3) is 5.69 Å². The van der Waals surface area contributed by atoms with Crippen LogP contribution in [0, 0.1) is 6.92 Å². The van der Waals surface area contributed by atoms with Crippen LogP contribution in [0.25, 0.3) is 10.2 Å². The minimum Gasteiger partial charge on any atom is -0.274 e. The highest BCUT2D eigenvalue weighted by Gasteiger charge is 2.12. The van der Waals surface area contributed by atoms with Gasteiger partial charge in [0.15, 0.2) is 5.52 Å². The molecule has 2 aromatic rings. The van der Waals surface area contributed by atoms with E-state index in [0.717, 1.165) is 11.2 Å². The standard InChI is InChI=1S/C8H9N2OS/c1-6-8-7(12-5-9-8)3-4-10(6)11-2/h3-5H,1-2H3/q+1. The quantitative estimate of drug-likeness (QED) is 0.612. The highest BCUT2D eigenvalue weighted by atomic mass is 32.1. The SMILES string of the molecule is CO[n+]1ccc2scnc2c1C. The average Bonchev–Trinajstić information content (AvgIpc) is 2.53. The van der Waals surface area contributed by atoms with Crippen molar-refractivity contribution in [1.29, 1.82) is 0 Å². The molecule has 4 heteroatoms. The molecule has 62 valence electrons. The van der Waals surface area contributed by atoms with Crippen molar-refractivity contribution >= 4 is 21.6 Å². The molecule has 0 saturated carbocycles. The molecule has 0 unspecified atom stereocenters. The van der Waals surface area contributed by atoms with Crippen LogP contribution in [0.1, 0.15) is 5.69 Å². The second kappa shape index (κ2) is 2.71. The topological polar surface area (TPSA) is 26.0 Å². The van der Waals surface area contributed by atoms with Crippen LogP contribution in [0.4, 0.5) is 0 Å². The Hall–Kier alpha value is -1.16. The molecule has 3 nitrogen and oxygen atoms in total. The molecule has 12 heavy (non-hydrogen) atoms. The summed E-state index contributed by atoms with van der Waals surface area (Å²) >= 11 is 1.64. The van der Waals surface area contributed by atoms with Gasteiger partial charge in [-0.05, 0) is 0 Å². The lowest BCUT2D eigenvalue weighted by molar-refractivity contribution is -0.888. The van der Waals surface area contributed by atoms with Gasteiger partial charge in [-0.25, -0.2) is 4.98 Å². The molecule has 0 bridgehead atoms. The first-order chi connectivity index (χ1) is 5.83. The largest absolute Gasteiger partial charge is 0.274 e. The van der Waals surface area contributed by atoms with E-state index < -0.39 is 0 Å². The summed E-state index contributed by atoms with van der Waals surface area (Å²) in [5, 5.41) is 0. The molecule has 0 radical (unpaired) electrons. The van der Waals surface area contributed by atoms with E-state index in [0.29, 0.717) is 0 Å². The number of nitrogens with zero attached hydrogens (tertiary/aromatic N) is 2. The van der Waals surface area contributed by atoms with E-state index in [1.807, 2.05) is 24.7 Å². The van der Waals surface area contributed by atoms with E-state index in [-0.39, 0.29) is 0 Å². The molecule has 0 atom stereocenters. The Bertz CT molecular complexity index is 410. The van der Waals surface area contributed by atoms with Crippen LogP contribution in [0.15, 0.2) is 17.8 Å². The number of fused-ring (bicyclic) bond motifs is 1. The second-order valence-electron chi connectivity index (χ2n) is 2.47. The molecular weight excluding hydrogens is 172 g/mol. The van der Waals surface area contributed by atoms with Crippen molar-refractivity contribution in [1.82, 2.24) is 4.98 Å². The van der Waals surface area contributed by atoms with Gasteiger partial charge < -0.3 is 0 Å². The van der Waals surface area contributed by atoms with Crippen LogP contribution in [0.2, 0.25) is 0 Å². The fourth-order valence-corrected chi connectivity index (χ4v) is 1.92. The number of pyridine rings is 1. The summed E-state index contributed by atoms with van der Waals surface area (Å²) in [6, 6.07) is 2.00. The number of hydrogen-bond donors (Lipinski definition) is 0. The third-order valence-corrected chi connectivity index (χ3v) is 2.62. The monoisotopic (exact) mass is 181 g/mol. The van der Waals surface area contributed by atoms with Crippen LogP contribution in [0.3, 0.4) is 0 Å². The molecular formula is C8H9N2OS+. The van der Waals surface area contributed by atoms with Gasteiger partial charge >= 0.3 is 0 Å². The number of rotatable bonds is 1. The lowest BCUT2D eigenvalue weighted by Crippen LogP contribution is -2.42. The van der Waals surface area contributed by atoms with Crippen molar-refractivity contribution in [2.24, 2.45) is 0 Å². The number of hydrogen-bond acceptors (Lipinski definition) is 3. The van der Waals surface area contributed by atoms with Gasteiger partial charge in [0.05, 0.1) is 10.2 Å². The van der Waals surface area contributed by atoms with E-state index in [1.165, 1.54) is 4.70 Å². The minimum atomic E-state index is 1.02. The lowest BCUT2D eigenvalue weighted by Gasteiger charge is -1.94. The van der Waals surface area contributed by atoms with Crippen molar-refractivity contribution in [3.63, 3.8) is 0 Å². The maximum absolute atomic E-state index is 5.10. The first-order valence-corrected chi connectivity index (χ1v) is 4.50. The average molecular weight is 181 g/mol. The zero-order valence-corrected chi connectivity index (χ0v) is 7.76. The summed E-state index contributed by atoms with van der Waals surface area (Å²) < 4.78 is 2.91. The highest BCUT2D eigenvalue weighted by Crippen LogP contribution is 2.17. The molecule has 0 saturated heterocycles. The maximum atomic E-state index is 5.10. The lowest BCUT2D eigenvalue weighted by atomic mass is 10.3. The van der Waals surface area contributed by atoms with Crippen LogP contribution in [-0.2, 0) is 0 Å². The molecule has 2 aromatic heterocycles. The van der Waals surface area contributed by atoms with Crippen LogP contribution in [0.5, 0.6) is 0 Å². The highest BCUT2D eigenvalue weighted by molar-refractivity contribution is 7.16. The molecule has 0 aliphatic carbocycles. The fourth-order valence-electron chi connectivity index (χ4n) is 1.19. The zero-order valence-electron chi connectivity index (χ0n) is 6.94. The Morgan fingerprint density at radius 1 is 1.58 bits per heavy atom. The van der Waals surface area contributed by atoms with E-state index in [9.17, 15) is 0 Å². The molecule has 0 aromatic carbocycles. The van der Waals surface area contributed by atoms with Gasteiger partial charge in [-0.3, -0.25) is 4.84 Å². The second-order valence-corrected chi connectivity index (χ2v) is 3.36. The Morgan fingerprint density at radius 3 is 3.17 bits per heavy atom. The predicted molar refractivity (Wildman–Crippen MR) is 47.1 cm³/mol. The third kappa shape index (κ3) is 0.956. The van der Waals surface area contributed by atoms with E-state index >= 15 is 0 Å². The summed E-state index contributed by atoms with van der Waals surface area (Å²) in [7, 11) is 1.64. The molecule has 0 N–H and O–H groups in total. The Balaban J connectivity index is 2.78. The summed E-state index contributed by atoms with van der Waals surface area (Å²) in [6.07, 6.45) is 1.90. The van der Waals surface area contributed by atoms with Gasteiger partial charge in [-0.15, -0.1) is 11.3 Å². The molecule has 0 fully saturated rings. The van der Waals surface area contributed by atoms with E-state index in [2.05, 4.69) is 4.98 Å². The molecule has 0 aliphatic heterocycles.